The molecule has 0 aromatic heterocycles. The average molecular weight is 482 g/mol. The van der Waals surface area contributed by atoms with Crippen LogP contribution in [-0.4, -0.2) is 66.3 Å². The zero-order valence-electron chi connectivity index (χ0n) is 20.2. The van der Waals surface area contributed by atoms with E-state index < -0.39 is 34.8 Å². The Labute approximate surface area is 198 Å². The number of rotatable bonds is 6. The van der Waals surface area contributed by atoms with Crippen LogP contribution in [0.3, 0.4) is 0 Å². The fourth-order valence-corrected chi connectivity index (χ4v) is 3.96. The SMILES string of the molecule is COC(=O)c1cc(NC(=O)N(CCC2CC2)C2CCN(C(=O)OC(C)(C)C)CC2)c(F)cc1F. The van der Waals surface area contributed by atoms with Gasteiger partial charge in [-0.3, -0.25) is 0 Å². The lowest BCUT2D eigenvalue weighted by Gasteiger charge is -2.39. The lowest BCUT2D eigenvalue weighted by Crippen LogP contribution is -2.51. The molecule has 1 N–H and O–H groups in total. The number of ether oxygens (including phenoxy) is 2. The fraction of sp³-hybridized carbons (Fsp3) is 0.625. The maximum absolute atomic E-state index is 14.4. The van der Waals surface area contributed by atoms with Crippen molar-refractivity contribution in [3.05, 3.63) is 29.3 Å². The Morgan fingerprint density at radius 1 is 1.09 bits per heavy atom. The standard InChI is InChI=1S/C24H33F2N3O5/c1-24(2,3)34-23(32)28-10-8-16(9-11-28)29(12-7-15-5-6-15)22(31)27-20-13-17(21(30)33-4)18(25)14-19(20)26/h13-16H,5-12H2,1-4H3,(H,27,31). The van der Waals surface area contributed by atoms with Crippen LogP contribution in [0.15, 0.2) is 12.1 Å². The van der Waals surface area contributed by atoms with Crippen molar-refractivity contribution in [3.63, 3.8) is 0 Å². The second kappa shape index (κ2) is 10.6. The smallest absolute Gasteiger partial charge is 0.410 e. The first kappa shape index (κ1) is 25.7. The summed E-state index contributed by atoms with van der Waals surface area (Å²) in [5, 5.41) is 2.50. The van der Waals surface area contributed by atoms with Crippen molar-refractivity contribution in [2.75, 3.05) is 32.1 Å². The number of amides is 3. The summed E-state index contributed by atoms with van der Waals surface area (Å²) < 4.78 is 38.3. The van der Waals surface area contributed by atoms with E-state index in [1.54, 1.807) is 9.80 Å². The average Bonchev–Trinajstić information content (AvgIpc) is 3.59. The molecule has 3 amide bonds. The summed E-state index contributed by atoms with van der Waals surface area (Å²) in [6.45, 7) is 6.78. The van der Waals surface area contributed by atoms with Gasteiger partial charge in [0.2, 0.25) is 0 Å². The van der Waals surface area contributed by atoms with E-state index in [4.69, 9.17) is 4.74 Å². The number of hydrogen-bond acceptors (Lipinski definition) is 5. The highest BCUT2D eigenvalue weighted by atomic mass is 19.1. The van der Waals surface area contributed by atoms with Crippen LogP contribution in [0.4, 0.5) is 24.1 Å². The Kier molecular flexibility index (Phi) is 7.99. The summed E-state index contributed by atoms with van der Waals surface area (Å²) in [5.74, 6) is -2.44. The van der Waals surface area contributed by atoms with E-state index in [1.807, 2.05) is 20.8 Å². The van der Waals surface area contributed by atoms with Gasteiger partial charge < -0.3 is 24.6 Å². The van der Waals surface area contributed by atoms with Crippen LogP contribution in [0.1, 0.15) is 63.2 Å². The molecular formula is C24H33F2N3O5. The Morgan fingerprint density at radius 2 is 1.74 bits per heavy atom. The third-order valence-electron chi connectivity index (χ3n) is 6.00. The number of piperidine rings is 1. The normalized spacial score (nSPS) is 16.7. The van der Waals surface area contributed by atoms with E-state index in [9.17, 15) is 23.2 Å². The number of carbonyl (C=O) groups is 3. The van der Waals surface area contributed by atoms with Gasteiger partial charge in [-0.05, 0) is 52.0 Å². The van der Waals surface area contributed by atoms with Gasteiger partial charge in [0, 0.05) is 31.7 Å². The van der Waals surface area contributed by atoms with Crippen molar-refractivity contribution in [1.82, 2.24) is 9.80 Å². The topological polar surface area (TPSA) is 88.2 Å². The number of urea groups is 1. The number of benzene rings is 1. The van der Waals surface area contributed by atoms with Crippen LogP contribution >= 0.6 is 0 Å². The first-order valence-corrected chi connectivity index (χ1v) is 11.6. The molecule has 8 nitrogen and oxygen atoms in total. The zero-order chi connectivity index (χ0) is 25.0. The molecule has 1 aliphatic heterocycles. The molecule has 2 fully saturated rings. The lowest BCUT2D eigenvalue weighted by atomic mass is 10.0. The first-order valence-electron chi connectivity index (χ1n) is 11.6. The monoisotopic (exact) mass is 481 g/mol. The number of esters is 1. The molecule has 3 rings (SSSR count). The molecule has 2 aliphatic rings. The quantitative estimate of drug-likeness (QED) is 0.591. The highest BCUT2D eigenvalue weighted by Crippen LogP contribution is 2.33. The molecule has 1 aliphatic carbocycles. The van der Waals surface area contributed by atoms with Crippen LogP contribution in [0.25, 0.3) is 0 Å². The van der Waals surface area contributed by atoms with E-state index in [2.05, 4.69) is 10.1 Å². The number of likely N-dealkylation sites (tertiary alicyclic amines) is 1. The van der Waals surface area contributed by atoms with Gasteiger partial charge in [0.25, 0.3) is 0 Å². The molecule has 1 heterocycles. The molecule has 0 atom stereocenters. The zero-order valence-corrected chi connectivity index (χ0v) is 20.2. The fourth-order valence-electron chi connectivity index (χ4n) is 3.96. The predicted molar refractivity (Wildman–Crippen MR) is 122 cm³/mol. The Morgan fingerprint density at radius 3 is 2.29 bits per heavy atom. The van der Waals surface area contributed by atoms with Crippen molar-refractivity contribution in [3.8, 4) is 0 Å². The van der Waals surface area contributed by atoms with Gasteiger partial charge in [0.1, 0.15) is 17.2 Å². The number of nitrogens with one attached hydrogen (secondary N) is 1. The van der Waals surface area contributed by atoms with Crippen LogP contribution in [-0.2, 0) is 9.47 Å². The largest absolute Gasteiger partial charge is 0.465 e. The van der Waals surface area contributed by atoms with Gasteiger partial charge in [-0.25, -0.2) is 23.2 Å². The number of nitrogens with zero attached hydrogens (tertiary/aromatic N) is 2. The van der Waals surface area contributed by atoms with E-state index >= 15 is 0 Å². The Hall–Kier alpha value is -2.91. The van der Waals surface area contributed by atoms with E-state index in [0.717, 1.165) is 32.4 Å². The van der Waals surface area contributed by atoms with Crippen LogP contribution < -0.4 is 5.32 Å². The van der Waals surface area contributed by atoms with Gasteiger partial charge in [-0.2, -0.15) is 0 Å². The van der Waals surface area contributed by atoms with Crippen molar-refractivity contribution >= 4 is 23.8 Å². The van der Waals surface area contributed by atoms with Crippen LogP contribution in [0, 0.1) is 17.6 Å². The third kappa shape index (κ3) is 6.80. The molecule has 188 valence electrons. The van der Waals surface area contributed by atoms with Crippen LogP contribution in [0.2, 0.25) is 0 Å². The number of anilines is 1. The third-order valence-corrected chi connectivity index (χ3v) is 6.00. The first-order chi connectivity index (χ1) is 16.0. The van der Waals surface area contributed by atoms with Gasteiger partial charge in [-0.15, -0.1) is 0 Å². The maximum atomic E-state index is 14.4. The molecule has 0 spiro atoms. The van der Waals surface area contributed by atoms with E-state index in [1.165, 1.54) is 0 Å². The Balaban J connectivity index is 1.70. The molecule has 10 heteroatoms. The minimum atomic E-state index is -1.07. The number of carbonyl (C=O) groups excluding carboxylic acids is 3. The molecule has 1 saturated carbocycles. The molecule has 34 heavy (non-hydrogen) atoms. The molecule has 1 aromatic rings. The van der Waals surface area contributed by atoms with Crippen molar-refractivity contribution in [2.45, 2.75) is 64.5 Å². The molecule has 0 bridgehead atoms. The second-order valence-corrected chi connectivity index (χ2v) is 9.86. The number of halogens is 2. The van der Waals surface area contributed by atoms with Gasteiger partial charge in [0.15, 0.2) is 0 Å². The summed E-state index contributed by atoms with van der Waals surface area (Å²) in [6.07, 6.45) is 3.80. The van der Waals surface area contributed by atoms with Crippen LogP contribution in [0.5, 0.6) is 0 Å². The summed E-state index contributed by atoms with van der Waals surface area (Å²) >= 11 is 0. The summed E-state index contributed by atoms with van der Waals surface area (Å²) in [5.41, 5.74) is -1.35. The van der Waals surface area contributed by atoms with Gasteiger partial charge >= 0.3 is 18.1 Å². The molecular weight excluding hydrogens is 448 g/mol. The molecule has 0 unspecified atom stereocenters. The van der Waals surface area contributed by atoms with Gasteiger partial charge in [0.05, 0.1) is 18.4 Å². The maximum Gasteiger partial charge on any atom is 0.410 e. The summed E-state index contributed by atoms with van der Waals surface area (Å²) in [7, 11) is 1.09. The summed E-state index contributed by atoms with van der Waals surface area (Å²) in [6, 6.07) is 0.813. The van der Waals surface area contributed by atoms with Crippen molar-refractivity contribution in [1.29, 1.82) is 0 Å². The Bertz CT molecular complexity index is 922. The van der Waals surface area contributed by atoms with Crippen molar-refractivity contribution in [2.24, 2.45) is 5.92 Å². The molecule has 0 radical (unpaired) electrons. The van der Waals surface area contributed by atoms with Crippen molar-refractivity contribution < 1.29 is 32.6 Å². The molecule has 1 saturated heterocycles. The lowest BCUT2D eigenvalue weighted by molar-refractivity contribution is 0.0165. The predicted octanol–water partition coefficient (Wildman–Crippen LogP) is 4.78. The highest BCUT2D eigenvalue weighted by molar-refractivity contribution is 5.94. The number of methoxy groups -OCH3 is 1. The highest BCUT2D eigenvalue weighted by Gasteiger charge is 2.33. The minimum Gasteiger partial charge on any atom is -0.465 e. The minimum absolute atomic E-state index is 0.152. The van der Waals surface area contributed by atoms with E-state index in [-0.39, 0.29) is 17.8 Å². The molecule has 1 aromatic carbocycles. The van der Waals surface area contributed by atoms with E-state index in [0.29, 0.717) is 44.5 Å². The van der Waals surface area contributed by atoms with Gasteiger partial charge in [-0.1, -0.05) is 12.8 Å². The summed E-state index contributed by atoms with van der Waals surface area (Å²) in [4.78, 5) is 40.6. The second-order valence-electron chi connectivity index (χ2n) is 9.86. The number of hydrogen-bond donors (Lipinski definition) is 1.